The van der Waals surface area contributed by atoms with Gasteiger partial charge >= 0.3 is 181 Å². The summed E-state index contributed by atoms with van der Waals surface area (Å²) in [4.78, 5) is 0. The Labute approximate surface area is 185 Å². The zero-order chi connectivity index (χ0) is 20.1. The van der Waals surface area contributed by atoms with Crippen molar-refractivity contribution in [3.05, 3.63) is 0 Å². The molecule has 4 aliphatic rings. The second-order valence-corrected chi connectivity index (χ2v) is 16.8. The van der Waals surface area contributed by atoms with Crippen molar-refractivity contribution in [3.8, 4) is 0 Å². The second-order valence-electron chi connectivity index (χ2n) is 12.0. The molecule has 0 bridgehead atoms. The summed E-state index contributed by atoms with van der Waals surface area (Å²) in [5.74, 6) is 5.71. The molecule has 0 unspecified atom stereocenters. The average molecular weight is 502 g/mol. The molecule has 2 heteroatoms. The molecule has 0 amide bonds. The fourth-order valence-electron chi connectivity index (χ4n) is 8.90. The first-order chi connectivity index (χ1) is 13.3. The van der Waals surface area contributed by atoms with Gasteiger partial charge in [0.05, 0.1) is 0 Å². The molecule has 1 N–H and O–H groups in total. The third-order valence-corrected chi connectivity index (χ3v) is 13.7. The fourth-order valence-corrected chi connectivity index (χ4v) is 11.7. The molecule has 162 valence electrons. The molecule has 0 aliphatic heterocycles. The monoisotopic (exact) mass is 504 g/mol. The quantitative estimate of drug-likeness (QED) is 0.402. The van der Waals surface area contributed by atoms with E-state index in [2.05, 4.69) is 34.6 Å². The van der Waals surface area contributed by atoms with E-state index in [4.69, 9.17) is 0 Å². The molecular weight excluding hydrogens is 456 g/mol. The van der Waals surface area contributed by atoms with Gasteiger partial charge in [-0.2, -0.15) is 0 Å². The molecule has 0 aromatic heterocycles. The van der Waals surface area contributed by atoms with E-state index in [1.165, 1.54) is 51.4 Å². The average Bonchev–Trinajstić information content (AvgIpc) is 2.99. The first kappa shape index (κ1) is 22.0. The van der Waals surface area contributed by atoms with Crippen molar-refractivity contribution in [2.75, 3.05) is 0 Å². The number of aliphatic hydroxyl groups is 1. The van der Waals surface area contributed by atoms with Crippen LogP contribution in [-0.4, -0.2) is 32.1 Å². The van der Waals surface area contributed by atoms with Crippen molar-refractivity contribution >= 4 is 20.9 Å². The molecule has 0 aromatic carbocycles. The summed E-state index contributed by atoms with van der Waals surface area (Å²) in [5.41, 5.74) is 1.17. The molecule has 9 atom stereocenters. The first-order valence-electron chi connectivity index (χ1n) is 12.6. The SMILES string of the molecule is CC(C)[Te]CC[C@@H](C)[C@H]1CC[C@H]2[C@@H]3CC[C@H]4C[C@@H](O)CC[C@]4(C)[C@H]3CC[C@]12C. The Balaban J connectivity index is 1.46. The summed E-state index contributed by atoms with van der Waals surface area (Å²) < 4.78 is 2.56. The van der Waals surface area contributed by atoms with Crippen molar-refractivity contribution in [3.63, 3.8) is 0 Å². The van der Waals surface area contributed by atoms with Gasteiger partial charge in [0.15, 0.2) is 0 Å². The van der Waals surface area contributed by atoms with E-state index in [-0.39, 0.29) is 27.0 Å². The zero-order valence-electron chi connectivity index (χ0n) is 19.3. The first-order valence-corrected chi connectivity index (χ1v) is 15.5. The summed E-state index contributed by atoms with van der Waals surface area (Å²) in [6.07, 6.45) is 13.9. The molecule has 0 heterocycles. The maximum atomic E-state index is 10.3. The van der Waals surface area contributed by atoms with Crippen molar-refractivity contribution in [2.45, 2.75) is 113 Å². The number of hydrogen-bond acceptors (Lipinski definition) is 1. The normalized spacial score (nSPS) is 49.4. The van der Waals surface area contributed by atoms with E-state index in [1.807, 2.05) is 0 Å². The van der Waals surface area contributed by atoms with Crippen LogP contribution in [0.5, 0.6) is 0 Å². The summed E-state index contributed by atoms with van der Waals surface area (Å²) in [5, 5.41) is 10.3. The standard InChI is InChI=1S/C26H46OTe/c1-17(2)28-15-12-18(3)22-8-9-23-21-7-6-19-16-20(27)10-13-25(19,4)24(21)11-14-26(22,23)5/h17-24,27H,6-16H2,1-5H3/t18-,19+,20+,21+,22-,23+,24+,25+,26-/m1/s1. The van der Waals surface area contributed by atoms with Gasteiger partial charge in [0.25, 0.3) is 0 Å². The molecule has 4 rings (SSSR count). The molecule has 1 nitrogen and oxygen atoms in total. The number of aliphatic hydroxyl groups excluding tert-OH is 1. The van der Waals surface area contributed by atoms with Crippen LogP contribution in [0, 0.1) is 46.3 Å². The van der Waals surface area contributed by atoms with Crippen LogP contribution in [0.2, 0.25) is 8.43 Å². The van der Waals surface area contributed by atoms with E-state index in [9.17, 15) is 5.11 Å². The van der Waals surface area contributed by atoms with E-state index < -0.39 is 0 Å². The van der Waals surface area contributed by atoms with Gasteiger partial charge in [0, 0.05) is 0 Å². The van der Waals surface area contributed by atoms with Crippen molar-refractivity contribution in [1.29, 1.82) is 0 Å². The van der Waals surface area contributed by atoms with Crippen LogP contribution in [0.3, 0.4) is 0 Å². The summed E-state index contributed by atoms with van der Waals surface area (Å²) >= 11 is 0.246. The molecule has 0 saturated heterocycles. The maximum absolute atomic E-state index is 10.3. The molecule has 0 spiro atoms. The third kappa shape index (κ3) is 3.75. The van der Waals surface area contributed by atoms with Crippen LogP contribution in [0.15, 0.2) is 0 Å². The van der Waals surface area contributed by atoms with E-state index in [0.29, 0.717) is 10.8 Å². The minimum absolute atomic E-state index is 0.00523. The van der Waals surface area contributed by atoms with Crippen LogP contribution in [-0.2, 0) is 0 Å². The molecular formula is C26H46OTe. The number of hydrogen-bond donors (Lipinski definition) is 1. The van der Waals surface area contributed by atoms with Crippen LogP contribution in [0.1, 0.15) is 98.8 Å². The minimum atomic E-state index is -0.00523. The Bertz CT molecular complexity index is 547. The molecule has 4 saturated carbocycles. The summed E-state index contributed by atoms with van der Waals surface area (Å²) in [6.45, 7) is 12.8. The van der Waals surface area contributed by atoms with Gasteiger partial charge in [-0.05, 0) is 0 Å². The van der Waals surface area contributed by atoms with Crippen LogP contribution < -0.4 is 0 Å². The summed E-state index contributed by atoms with van der Waals surface area (Å²) in [6, 6.07) is 0. The molecule has 4 aliphatic carbocycles. The van der Waals surface area contributed by atoms with Gasteiger partial charge in [-0.3, -0.25) is 0 Å². The zero-order valence-corrected chi connectivity index (χ0v) is 21.6. The van der Waals surface area contributed by atoms with Crippen LogP contribution in [0.25, 0.3) is 0 Å². The van der Waals surface area contributed by atoms with Gasteiger partial charge in [-0.15, -0.1) is 0 Å². The molecule has 4 fully saturated rings. The van der Waals surface area contributed by atoms with Crippen LogP contribution >= 0.6 is 0 Å². The Morgan fingerprint density at radius 2 is 1.61 bits per heavy atom. The van der Waals surface area contributed by atoms with E-state index in [0.717, 1.165) is 52.3 Å². The van der Waals surface area contributed by atoms with Gasteiger partial charge < -0.3 is 5.11 Å². The van der Waals surface area contributed by atoms with Gasteiger partial charge in [0.1, 0.15) is 0 Å². The Kier molecular flexibility index (Phi) is 6.55. The number of fused-ring (bicyclic) bond motifs is 5. The van der Waals surface area contributed by atoms with Gasteiger partial charge in [-0.25, -0.2) is 0 Å². The van der Waals surface area contributed by atoms with Gasteiger partial charge in [-0.1, -0.05) is 0 Å². The Hall–Kier alpha value is 0.750. The summed E-state index contributed by atoms with van der Waals surface area (Å²) in [7, 11) is 0. The predicted molar refractivity (Wildman–Crippen MR) is 121 cm³/mol. The van der Waals surface area contributed by atoms with Crippen molar-refractivity contribution < 1.29 is 5.11 Å². The second kappa shape index (κ2) is 8.36. The molecule has 28 heavy (non-hydrogen) atoms. The predicted octanol–water partition coefficient (Wildman–Crippen LogP) is 6.98. The molecule has 0 aromatic rings. The number of rotatable bonds is 5. The molecule has 0 radical (unpaired) electrons. The topological polar surface area (TPSA) is 20.2 Å². The van der Waals surface area contributed by atoms with Crippen molar-refractivity contribution in [1.82, 2.24) is 0 Å². The van der Waals surface area contributed by atoms with E-state index in [1.54, 1.807) is 4.47 Å². The van der Waals surface area contributed by atoms with Crippen molar-refractivity contribution in [2.24, 2.45) is 46.3 Å². The van der Waals surface area contributed by atoms with E-state index >= 15 is 0 Å². The Morgan fingerprint density at radius 3 is 2.36 bits per heavy atom. The van der Waals surface area contributed by atoms with Crippen LogP contribution in [0.4, 0.5) is 0 Å². The third-order valence-electron chi connectivity index (χ3n) is 10.4. The fraction of sp³-hybridized carbons (Fsp3) is 1.00. The Morgan fingerprint density at radius 1 is 0.893 bits per heavy atom. The van der Waals surface area contributed by atoms with Gasteiger partial charge in [0.2, 0.25) is 0 Å².